The average molecular weight is 345 g/mol. The van der Waals surface area contributed by atoms with Crippen LogP contribution in [0.4, 0.5) is 0 Å². The molecule has 0 aliphatic heterocycles. The molecule has 0 spiro atoms. The molecule has 0 radical (unpaired) electrons. The summed E-state index contributed by atoms with van der Waals surface area (Å²) in [6.45, 7) is 24.6. The molecule has 0 heterocycles. The first-order valence-electron chi connectivity index (χ1n) is 9.73. The largest absolute Gasteiger partial charge is 0.378 e. The van der Waals surface area contributed by atoms with Gasteiger partial charge in [0.2, 0.25) is 0 Å². The molecule has 3 atom stereocenters. The molecule has 3 unspecified atom stereocenters. The molecular weight excluding hydrogens is 300 g/mol. The third-order valence-electron chi connectivity index (χ3n) is 5.28. The maximum absolute atomic E-state index is 6.13. The van der Waals surface area contributed by atoms with Gasteiger partial charge in [-0.05, 0) is 79.6 Å². The van der Waals surface area contributed by atoms with Crippen LogP contribution in [0.2, 0.25) is 0 Å². The Labute approximate surface area is 151 Å². The van der Waals surface area contributed by atoms with Crippen LogP contribution in [0.1, 0.15) is 89.0 Å². The maximum atomic E-state index is 6.13. The molecule has 0 aliphatic carbocycles. The Hall–Kier alpha value is -0.120. The molecule has 24 heavy (non-hydrogen) atoms. The molecule has 3 heteroatoms. The van der Waals surface area contributed by atoms with Crippen molar-refractivity contribution in [3.05, 3.63) is 0 Å². The van der Waals surface area contributed by atoms with Gasteiger partial charge < -0.3 is 14.2 Å². The first-order chi connectivity index (χ1) is 10.8. The molecule has 0 aromatic rings. The fourth-order valence-electron chi connectivity index (χ4n) is 2.95. The van der Waals surface area contributed by atoms with Gasteiger partial charge in [0, 0.05) is 6.61 Å². The number of hydrogen-bond acceptors (Lipinski definition) is 3. The van der Waals surface area contributed by atoms with Crippen LogP contribution in [0.3, 0.4) is 0 Å². The summed E-state index contributed by atoms with van der Waals surface area (Å²) in [5, 5.41) is 0. The smallest absolute Gasteiger partial charge is 0.0681 e. The van der Waals surface area contributed by atoms with Crippen molar-refractivity contribution in [2.45, 2.75) is 119 Å². The van der Waals surface area contributed by atoms with Gasteiger partial charge in [-0.25, -0.2) is 0 Å². The SMILES string of the molecule is CC(C)OC(C)CC(C)C(C)OCCC(C)(C)C(C)(C)OC(C)C. The molecule has 0 N–H and O–H groups in total. The fourth-order valence-corrected chi connectivity index (χ4v) is 2.95. The predicted molar refractivity (Wildman–Crippen MR) is 104 cm³/mol. The van der Waals surface area contributed by atoms with Crippen LogP contribution in [0.15, 0.2) is 0 Å². The van der Waals surface area contributed by atoms with Gasteiger partial charge in [-0.2, -0.15) is 0 Å². The van der Waals surface area contributed by atoms with Gasteiger partial charge in [0.25, 0.3) is 0 Å². The molecule has 0 amide bonds. The average Bonchev–Trinajstić information content (AvgIpc) is 2.35. The Morgan fingerprint density at radius 1 is 0.792 bits per heavy atom. The van der Waals surface area contributed by atoms with Crippen molar-refractivity contribution in [3.8, 4) is 0 Å². The van der Waals surface area contributed by atoms with Gasteiger partial charge in [-0.3, -0.25) is 0 Å². The van der Waals surface area contributed by atoms with Crippen LogP contribution in [0.5, 0.6) is 0 Å². The Kier molecular flexibility index (Phi) is 10.1. The van der Waals surface area contributed by atoms with E-state index in [9.17, 15) is 0 Å². The number of hydrogen-bond donors (Lipinski definition) is 0. The van der Waals surface area contributed by atoms with E-state index in [0.717, 1.165) is 19.4 Å². The van der Waals surface area contributed by atoms with Crippen LogP contribution in [0, 0.1) is 11.3 Å². The van der Waals surface area contributed by atoms with E-state index in [-0.39, 0.29) is 35.4 Å². The fraction of sp³-hybridized carbons (Fsp3) is 1.00. The van der Waals surface area contributed by atoms with E-state index in [2.05, 4.69) is 76.2 Å². The van der Waals surface area contributed by atoms with Gasteiger partial charge in [0.1, 0.15) is 0 Å². The molecule has 0 bridgehead atoms. The highest BCUT2D eigenvalue weighted by atomic mass is 16.5. The van der Waals surface area contributed by atoms with E-state index in [1.54, 1.807) is 0 Å². The van der Waals surface area contributed by atoms with Crippen LogP contribution in [-0.2, 0) is 14.2 Å². The lowest BCUT2D eigenvalue weighted by Crippen LogP contribution is -2.44. The highest BCUT2D eigenvalue weighted by Gasteiger charge is 2.38. The zero-order valence-corrected chi connectivity index (χ0v) is 18.2. The molecule has 0 aromatic carbocycles. The summed E-state index contributed by atoms with van der Waals surface area (Å²) in [4.78, 5) is 0. The molecule has 0 rings (SSSR count). The minimum Gasteiger partial charge on any atom is -0.378 e. The van der Waals surface area contributed by atoms with E-state index in [1.807, 2.05) is 0 Å². The lowest BCUT2D eigenvalue weighted by molar-refractivity contribution is -0.135. The van der Waals surface area contributed by atoms with Crippen molar-refractivity contribution in [3.63, 3.8) is 0 Å². The zero-order chi connectivity index (χ0) is 19.1. The van der Waals surface area contributed by atoms with Crippen LogP contribution >= 0.6 is 0 Å². The van der Waals surface area contributed by atoms with E-state index < -0.39 is 0 Å². The normalized spacial score (nSPS) is 17.4. The Balaban J connectivity index is 4.33. The third kappa shape index (κ3) is 8.82. The quantitative estimate of drug-likeness (QED) is 0.444. The lowest BCUT2D eigenvalue weighted by atomic mass is 9.74. The predicted octanol–water partition coefficient (Wildman–Crippen LogP) is 5.85. The highest BCUT2D eigenvalue weighted by Crippen LogP contribution is 2.38. The molecule has 0 aromatic heterocycles. The maximum Gasteiger partial charge on any atom is 0.0681 e. The van der Waals surface area contributed by atoms with Crippen molar-refractivity contribution >= 4 is 0 Å². The number of ether oxygens (including phenoxy) is 3. The minimum atomic E-state index is -0.168. The summed E-state index contributed by atoms with van der Waals surface area (Å²) in [6, 6.07) is 0. The summed E-state index contributed by atoms with van der Waals surface area (Å²) < 4.78 is 18.1. The zero-order valence-electron chi connectivity index (χ0n) is 18.2. The molecule has 0 saturated carbocycles. The summed E-state index contributed by atoms with van der Waals surface area (Å²) in [5.74, 6) is 0.488. The second kappa shape index (κ2) is 10.1. The Morgan fingerprint density at radius 3 is 1.79 bits per heavy atom. The standard InChI is InChI=1S/C21H44O3/c1-15(2)23-18(6)14-17(5)19(7)22-13-12-20(8,9)21(10,11)24-16(3)4/h15-19H,12-14H2,1-11H3. The van der Waals surface area contributed by atoms with Gasteiger partial charge in [-0.15, -0.1) is 0 Å². The molecular formula is C21H44O3. The van der Waals surface area contributed by atoms with Gasteiger partial charge >= 0.3 is 0 Å². The highest BCUT2D eigenvalue weighted by molar-refractivity contribution is 4.88. The van der Waals surface area contributed by atoms with Crippen molar-refractivity contribution in [1.82, 2.24) is 0 Å². The first-order valence-corrected chi connectivity index (χ1v) is 9.73. The molecule has 0 aliphatic rings. The van der Waals surface area contributed by atoms with E-state index >= 15 is 0 Å². The van der Waals surface area contributed by atoms with E-state index in [4.69, 9.17) is 14.2 Å². The summed E-state index contributed by atoms with van der Waals surface area (Å²) in [7, 11) is 0. The van der Waals surface area contributed by atoms with Gasteiger partial charge in [0.15, 0.2) is 0 Å². The second-order valence-electron chi connectivity index (χ2n) is 9.10. The van der Waals surface area contributed by atoms with Crippen LogP contribution in [-0.4, -0.2) is 36.6 Å². The van der Waals surface area contributed by atoms with Crippen molar-refractivity contribution < 1.29 is 14.2 Å². The molecule has 146 valence electrons. The summed E-state index contributed by atoms with van der Waals surface area (Å²) >= 11 is 0. The third-order valence-corrected chi connectivity index (χ3v) is 5.28. The van der Waals surface area contributed by atoms with Gasteiger partial charge in [-0.1, -0.05) is 20.8 Å². The van der Waals surface area contributed by atoms with E-state index in [0.29, 0.717) is 5.92 Å². The van der Waals surface area contributed by atoms with Gasteiger partial charge in [0.05, 0.1) is 30.0 Å². The van der Waals surface area contributed by atoms with E-state index in [1.165, 1.54) is 0 Å². The second-order valence-corrected chi connectivity index (χ2v) is 9.10. The Bertz CT molecular complexity index is 334. The molecule has 3 nitrogen and oxygen atoms in total. The number of rotatable bonds is 12. The monoisotopic (exact) mass is 344 g/mol. The minimum absolute atomic E-state index is 0.0638. The summed E-state index contributed by atoms with van der Waals surface area (Å²) in [5.41, 5.74) is -0.104. The Morgan fingerprint density at radius 2 is 1.33 bits per heavy atom. The first kappa shape index (κ1) is 23.9. The molecule has 0 saturated heterocycles. The van der Waals surface area contributed by atoms with Crippen LogP contribution < -0.4 is 0 Å². The van der Waals surface area contributed by atoms with Crippen LogP contribution in [0.25, 0.3) is 0 Å². The van der Waals surface area contributed by atoms with Crippen molar-refractivity contribution in [2.75, 3.05) is 6.61 Å². The van der Waals surface area contributed by atoms with Crippen molar-refractivity contribution in [2.24, 2.45) is 11.3 Å². The van der Waals surface area contributed by atoms with Crippen molar-refractivity contribution in [1.29, 1.82) is 0 Å². The molecule has 0 fully saturated rings. The lowest BCUT2D eigenvalue weighted by Gasteiger charge is -2.43. The topological polar surface area (TPSA) is 27.7 Å². The summed E-state index contributed by atoms with van der Waals surface area (Å²) in [6.07, 6.45) is 3.06.